The molecule has 1 heterocycles. The van der Waals surface area contributed by atoms with Gasteiger partial charge in [0.2, 0.25) is 5.91 Å². The molecule has 2 unspecified atom stereocenters. The summed E-state index contributed by atoms with van der Waals surface area (Å²) in [6, 6.07) is 9.62. The van der Waals surface area contributed by atoms with E-state index in [4.69, 9.17) is 5.26 Å². The van der Waals surface area contributed by atoms with Crippen molar-refractivity contribution in [2.24, 2.45) is 10.8 Å². The number of amides is 1. The van der Waals surface area contributed by atoms with Gasteiger partial charge >= 0.3 is 0 Å². The highest BCUT2D eigenvalue weighted by atomic mass is 16.2. The molecule has 122 valence electrons. The summed E-state index contributed by atoms with van der Waals surface area (Å²) in [5.41, 5.74) is 2.08. The van der Waals surface area contributed by atoms with E-state index in [1.165, 1.54) is 19.3 Å². The second-order valence-corrected chi connectivity index (χ2v) is 8.36. The Hall–Kier alpha value is -1.86. The van der Waals surface area contributed by atoms with Crippen molar-refractivity contribution in [3.05, 3.63) is 29.8 Å². The molecule has 2 fully saturated rings. The Balaban J connectivity index is 1.61. The number of carbonyl (C=O) groups excluding carboxylic acids is 1. The van der Waals surface area contributed by atoms with Crippen molar-refractivity contribution in [1.82, 2.24) is 4.90 Å². The minimum absolute atomic E-state index is 0.0312. The van der Waals surface area contributed by atoms with Gasteiger partial charge in [0.15, 0.2) is 0 Å². The number of nitrogens with zero attached hydrogens (tertiary/aromatic N) is 2. The first-order chi connectivity index (χ1) is 10.8. The van der Waals surface area contributed by atoms with Crippen LogP contribution in [0.1, 0.15) is 45.6 Å². The van der Waals surface area contributed by atoms with E-state index < -0.39 is 0 Å². The summed E-state index contributed by atoms with van der Waals surface area (Å²) in [5.74, 6) is 0.0312. The summed E-state index contributed by atoms with van der Waals surface area (Å²) >= 11 is 0. The third-order valence-corrected chi connectivity index (χ3v) is 5.17. The zero-order valence-corrected chi connectivity index (χ0v) is 14.2. The largest absolute Gasteiger partial charge is 0.325 e. The average molecular weight is 311 g/mol. The van der Waals surface area contributed by atoms with Crippen LogP contribution in [0.25, 0.3) is 0 Å². The fourth-order valence-electron chi connectivity index (χ4n) is 4.77. The highest BCUT2D eigenvalue weighted by Gasteiger charge is 2.49. The predicted octanol–water partition coefficient (Wildman–Crippen LogP) is 3.40. The predicted molar refractivity (Wildman–Crippen MR) is 90.9 cm³/mol. The lowest BCUT2D eigenvalue weighted by molar-refractivity contribution is -0.117. The Kier molecular flexibility index (Phi) is 3.93. The van der Waals surface area contributed by atoms with Crippen LogP contribution in [0.15, 0.2) is 24.3 Å². The first kappa shape index (κ1) is 16.0. The fourth-order valence-corrected chi connectivity index (χ4v) is 4.77. The smallest absolute Gasteiger partial charge is 0.238 e. The number of rotatable bonds is 3. The molecule has 0 spiro atoms. The number of hydrogen-bond acceptors (Lipinski definition) is 3. The molecule has 1 aromatic rings. The molecular weight excluding hydrogens is 286 g/mol. The average Bonchev–Trinajstić information content (AvgIpc) is 2.68. The minimum atomic E-state index is 0.0312. The number of fused-ring (bicyclic) bond motifs is 2. The molecule has 3 rings (SSSR count). The third-order valence-electron chi connectivity index (χ3n) is 5.17. The lowest BCUT2D eigenvalue weighted by atomic mass is 9.65. The van der Waals surface area contributed by atoms with E-state index in [1.807, 2.05) is 0 Å². The number of likely N-dealkylation sites (tertiary alicyclic amines) is 1. The van der Waals surface area contributed by atoms with Crippen LogP contribution in [0.3, 0.4) is 0 Å². The maximum absolute atomic E-state index is 12.4. The molecule has 4 nitrogen and oxygen atoms in total. The van der Waals surface area contributed by atoms with Crippen LogP contribution in [0.4, 0.5) is 5.69 Å². The van der Waals surface area contributed by atoms with Gasteiger partial charge in [-0.2, -0.15) is 5.26 Å². The van der Waals surface area contributed by atoms with Crippen molar-refractivity contribution in [1.29, 1.82) is 5.26 Å². The van der Waals surface area contributed by atoms with Gasteiger partial charge in [0.1, 0.15) is 0 Å². The molecule has 2 atom stereocenters. The normalized spacial score (nSPS) is 29.0. The molecule has 2 bridgehead atoms. The van der Waals surface area contributed by atoms with E-state index in [0.717, 1.165) is 12.2 Å². The maximum atomic E-state index is 12.4. The number of benzene rings is 1. The highest BCUT2D eigenvalue weighted by molar-refractivity contribution is 5.92. The quantitative estimate of drug-likeness (QED) is 0.931. The number of anilines is 1. The third kappa shape index (κ3) is 3.56. The topological polar surface area (TPSA) is 56.1 Å². The van der Waals surface area contributed by atoms with Gasteiger partial charge in [-0.25, -0.2) is 0 Å². The van der Waals surface area contributed by atoms with E-state index in [1.54, 1.807) is 24.3 Å². The van der Waals surface area contributed by atoms with E-state index in [9.17, 15) is 4.79 Å². The van der Waals surface area contributed by atoms with Gasteiger partial charge in [0, 0.05) is 18.3 Å². The molecule has 1 saturated heterocycles. The SMILES string of the molecule is CC1(C)CC2CC(C)(CN2CC(=O)Nc2ccc(C#N)cc2)C1. The highest BCUT2D eigenvalue weighted by Crippen LogP contribution is 2.52. The summed E-state index contributed by atoms with van der Waals surface area (Å²) in [7, 11) is 0. The molecule has 1 amide bonds. The van der Waals surface area contributed by atoms with Crippen LogP contribution in [-0.4, -0.2) is 29.9 Å². The summed E-state index contributed by atoms with van der Waals surface area (Å²) in [5, 5.41) is 11.8. The monoisotopic (exact) mass is 311 g/mol. The van der Waals surface area contributed by atoms with Gasteiger partial charge in [-0.3, -0.25) is 9.69 Å². The Bertz CT molecular complexity index is 644. The molecular formula is C19H25N3O. The van der Waals surface area contributed by atoms with Crippen molar-refractivity contribution >= 4 is 11.6 Å². The second-order valence-electron chi connectivity index (χ2n) is 8.36. The van der Waals surface area contributed by atoms with Gasteiger partial charge in [0.25, 0.3) is 0 Å². The van der Waals surface area contributed by atoms with E-state index in [0.29, 0.717) is 29.0 Å². The molecule has 2 aliphatic rings. The molecule has 4 heteroatoms. The van der Waals surface area contributed by atoms with Crippen LogP contribution in [-0.2, 0) is 4.79 Å². The molecule has 1 N–H and O–H groups in total. The lowest BCUT2D eigenvalue weighted by Crippen LogP contribution is -2.38. The molecule has 1 saturated carbocycles. The maximum Gasteiger partial charge on any atom is 0.238 e. The lowest BCUT2D eigenvalue weighted by Gasteiger charge is -2.39. The Morgan fingerprint density at radius 2 is 2.00 bits per heavy atom. The summed E-state index contributed by atoms with van der Waals surface area (Å²) in [6.07, 6.45) is 3.62. The second kappa shape index (κ2) is 5.65. The molecule has 1 aliphatic heterocycles. The van der Waals surface area contributed by atoms with Crippen LogP contribution in [0.5, 0.6) is 0 Å². The van der Waals surface area contributed by atoms with Gasteiger partial charge in [-0.1, -0.05) is 20.8 Å². The van der Waals surface area contributed by atoms with Gasteiger partial charge < -0.3 is 5.32 Å². The van der Waals surface area contributed by atoms with Crippen molar-refractivity contribution in [2.45, 2.75) is 46.1 Å². The number of nitriles is 1. The number of carbonyl (C=O) groups is 1. The number of hydrogen-bond donors (Lipinski definition) is 1. The minimum Gasteiger partial charge on any atom is -0.325 e. The molecule has 0 radical (unpaired) electrons. The summed E-state index contributed by atoms with van der Waals surface area (Å²) in [4.78, 5) is 14.7. The standard InChI is InChI=1S/C19H25N3O/c1-18(2)8-16-9-19(3,12-18)13-22(16)11-17(23)21-15-6-4-14(10-20)5-7-15/h4-7,16H,8-9,11-13H2,1-3H3,(H,21,23). The van der Waals surface area contributed by atoms with Gasteiger partial charge in [0.05, 0.1) is 18.2 Å². The Morgan fingerprint density at radius 3 is 2.65 bits per heavy atom. The summed E-state index contributed by atoms with van der Waals surface area (Å²) < 4.78 is 0. The van der Waals surface area contributed by atoms with Crippen molar-refractivity contribution in [2.75, 3.05) is 18.4 Å². The number of nitrogens with one attached hydrogen (secondary N) is 1. The fraction of sp³-hybridized carbons (Fsp3) is 0.579. The van der Waals surface area contributed by atoms with Gasteiger partial charge in [-0.15, -0.1) is 0 Å². The zero-order valence-electron chi connectivity index (χ0n) is 14.2. The molecule has 1 aliphatic carbocycles. The van der Waals surface area contributed by atoms with Gasteiger partial charge in [-0.05, 0) is 54.4 Å². The van der Waals surface area contributed by atoms with Crippen molar-refractivity contribution in [3.8, 4) is 6.07 Å². The van der Waals surface area contributed by atoms with Crippen LogP contribution < -0.4 is 5.32 Å². The molecule has 1 aromatic carbocycles. The summed E-state index contributed by atoms with van der Waals surface area (Å²) in [6.45, 7) is 8.52. The van der Waals surface area contributed by atoms with Crippen molar-refractivity contribution < 1.29 is 4.79 Å². The molecule has 0 aromatic heterocycles. The van der Waals surface area contributed by atoms with E-state index in [-0.39, 0.29) is 5.91 Å². The van der Waals surface area contributed by atoms with Crippen LogP contribution in [0, 0.1) is 22.2 Å². The van der Waals surface area contributed by atoms with Crippen LogP contribution >= 0.6 is 0 Å². The first-order valence-electron chi connectivity index (χ1n) is 8.33. The molecule has 23 heavy (non-hydrogen) atoms. The first-order valence-corrected chi connectivity index (χ1v) is 8.33. The van der Waals surface area contributed by atoms with Crippen molar-refractivity contribution in [3.63, 3.8) is 0 Å². The van der Waals surface area contributed by atoms with Crippen LogP contribution in [0.2, 0.25) is 0 Å². The van der Waals surface area contributed by atoms with E-state index >= 15 is 0 Å². The Morgan fingerprint density at radius 1 is 1.30 bits per heavy atom. The van der Waals surface area contributed by atoms with E-state index in [2.05, 4.69) is 37.1 Å². The Labute approximate surface area is 138 Å². The zero-order chi connectivity index (χ0) is 16.7.